The summed E-state index contributed by atoms with van der Waals surface area (Å²) in [4.78, 5) is 19.9. The molecule has 0 unspecified atom stereocenters. The van der Waals surface area contributed by atoms with E-state index in [2.05, 4.69) is 20.6 Å². The molecular formula is C12H21N5O. The SMILES string of the molecule is Cc1nc(N)c(C)c(NCC(=O)NC(C)(C)C)n1. The lowest BCUT2D eigenvalue weighted by Crippen LogP contribution is -2.43. The fourth-order valence-corrected chi connectivity index (χ4v) is 1.45. The summed E-state index contributed by atoms with van der Waals surface area (Å²) < 4.78 is 0. The highest BCUT2D eigenvalue weighted by molar-refractivity contribution is 5.81. The smallest absolute Gasteiger partial charge is 0.239 e. The molecule has 0 radical (unpaired) electrons. The fraction of sp³-hybridized carbons (Fsp3) is 0.583. The number of carbonyl (C=O) groups excluding carboxylic acids is 1. The molecule has 1 aromatic heterocycles. The van der Waals surface area contributed by atoms with Crippen LogP contribution in [0.4, 0.5) is 11.6 Å². The van der Waals surface area contributed by atoms with E-state index in [1.165, 1.54) is 0 Å². The molecule has 4 N–H and O–H groups in total. The van der Waals surface area contributed by atoms with Crippen molar-refractivity contribution in [1.82, 2.24) is 15.3 Å². The predicted octanol–water partition coefficient (Wildman–Crippen LogP) is 1.00. The van der Waals surface area contributed by atoms with Gasteiger partial charge in [-0.3, -0.25) is 4.79 Å². The zero-order valence-electron chi connectivity index (χ0n) is 11.6. The van der Waals surface area contributed by atoms with Crippen molar-refractivity contribution in [3.05, 3.63) is 11.4 Å². The van der Waals surface area contributed by atoms with Gasteiger partial charge in [-0.2, -0.15) is 0 Å². The Kier molecular flexibility index (Phi) is 4.11. The van der Waals surface area contributed by atoms with Crippen LogP contribution in [0.3, 0.4) is 0 Å². The minimum atomic E-state index is -0.242. The van der Waals surface area contributed by atoms with Crippen LogP contribution < -0.4 is 16.4 Å². The lowest BCUT2D eigenvalue weighted by Gasteiger charge is -2.21. The zero-order chi connectivity index (χ0) is 13.9. The number of carbonyl (C=O) groups is 1. The van der Waals surface area contributed by atoms with Crippen LogP contribution in [0.5, 0.6) is 0 Å². The van der Waals surface area contributed by atoms with E-state index in [0.29, 0.717) is 17.5 Å². The van der Waals surface area contributed by atoms with Crippen molar-refractivity contribution >= 4 is 17.5 Å². The number of hydrogen-bond acceptors (Lipinski definition) is 5. The van der Waals surface area contributed by atoms with Gasteiger partial charge in [-0.1, -0.05) is 0 Å². The van der Waals surface area contributed by atoms with Crippen molar-refractivity contribution < 1.29 is 4.79 Å². The summed E-state index contributed by atoms with van der Waals surface area (Å²) in [5.41, 5.74) is 6.25. The van der Waals surface area contributed by atoms with Crippen LogP contribution in [0.15, 0.2) is 0 Å². The summed E-state index contributed by atoms with van der Waals surface area (Å²) in [5, 5.41) is 5.84. The van der Waals surface area contributed by atoms with Gasteiger partial charge in [0.2, 0.25) is 5.91 Å². The summed E-state index contributed by atoms with van der Waals surface area (Å²) in [7, 11) is 0. The molecule has 0 aliphatic heterocycles. The average molecular weight is 251 g/mol. The maximum absolute atomic E-state index is 11.7. The number of anilines is 2. The number of aryl methyl sites for hydroxylation is 1. The maximum atomic E-state index is 11.7. The van der Waals surface area contributed by atoms with Crippen molar-refractivity contribution in [1.29, 1.82) is 0 Å². The van der Waals surface area contributed by atoms with Gasteiger partial charge in [-0.05, 0) is 34.6 Å². The Morgan fingerprint density at radius 2 is 1.89 bits per heavy atom. The van der Waals surface area contributed by atoms with E-state index in [9.17, 15) is 4.79 Å². The molecular weight excluding hydrogens is 230 g/mol. The summed E-state index contributed by atoms with van der Waals surface area (Å²) in [6.45, 7) is 9.54. The van der Waals surface area contributed by atoms with E-state index in [-0.39, 0.29) is 18.0 Å². The Bertz CT molecular complexity index is 451. The zero-order valence-corrected chi connectivity index (χ0v) is 11.6. The van der Waals surface area contributed by atoms with Crippen molar-refractivity contribution in [2.24, 2.45) is 0 Å². The second-order valence-corrected chi connectivity index (χ2v) is 5.28. The van der Waals surface area contributed by atoms with Gasteiger partial charge in [0.1, 0.15) is 17.5 Å². The molecule has 0 atom stereocenters. The van der Waals surface area contributed by atoms with Crippen LogP contribution in [0.1, 0.15) is 32.2 Å². The first kappa shape index (κ1) is 14.2. The van der Waals surface area contributed by atoms with Gasteiger partial charge < -0.3 is 16.4 Å². The Balaban J connectivity index is 2.67. The minimum absolute atomic E-state index is 0.0864. The molecule has 0 aliphatic rings. The topological polar surface area (TPSA) is 92.9 Å². The van der Waals surface area contributed by atoms with Gasteiger partial charge in [0.05, 0.1) is 6.54 Å². The number of nitrogens with two attached hydrogens (primary N) is 1. The number of nitrogen functional groups attached to an aromatic ring is 1. The molecule has 0 saturated carbocycles. The molecule has 0 aliphatic carbocycles. The standard InChI is InChI=1S/C12H21N5O/c1-7-10(13)15-8(2)16-11(7)14-6-9(18)17-12(3,4)5/h6H2,1-5H3,(H,17,18)(H3,13,14,15,16). The molecule has 0 bridgehead atoms. The van der Waals surface area contributed by atoms with Crippen molar-refractivity contribution in [3.8, 4) is 0 Å². The molecule has 6 heteroatoms. The summed E-state index contributed by atoms with van der Waals surface area (Å²) in [6, 6.07) is 0. The van der Waals surface area contributed by atoms with Crippen LogP contribution in [0.2, 0.25) is 0 Å². The van der Waals surface area contributed by atoms with E-state index in [1.807, 2.05) is 27.7 Å². The summed E-state index contributed by atoms with van der Waals surface area (Å²) >= 11 is 0. The fourth-order valence-electron chi connectivity index (χ4n) is 1.45. The lowest BCUT2D eigenvalue weighted by atomic mass is 10.1. The average Bonchev–Trinajstić information content (AvgIpc) is 2.18. The molecule has 0 saturated heterocycles. The molecule has 0 aromatic carbocycles. The van der Waals surface area contributed by atoms with Crippen LogP contribution in [-0.2, 0) is 4.79 Å². The lowest BCUT2D eigenvalue weighted by molar-refractivity contribution is -0.120. The summed E-state index contributed by atoms with van der Waals surface area (Å²) in [5.74, 6) is 1.53. The van der Waals surface area contributed by atoms with Crippen LogP contribution in [0.25, 0.3) is 0 Å². The van der Waals surface area contributed by atoms with Gasteiger partial charge >= 0.3 is 0 Å². The first-order valence-electron chi connectivity index (χ1n) is 5.84. The van der Waals surface area contributed by atoms with Gasteiger partial charge in [0.25, 0.3) is 0 Å². The van der Waals surface area contributed by atoms with Crippen molar-refractivity contribution in [3.63, 3.8) is 0 Å². The Morgan fingerprint density at radius 1 is 1.28 bits per heavy atom. The maximum Gasteiger partial charge on any atom is 0.239 e. The Hall–Kier alpha value is -1.85. The van der Waals surface area contributed by atoms with E-state index in [1.54, 1.807) is 6.92 Å². The van der Waals surface area contributed by atoms with Crippen LogP contribution >= 0.6 is 0 Å². The van der Waals surface area contributed by atoms with Gasteiger partial charge in [-0.15, -0.1) is 0 Å². The predicted molar refractivity (Wildman–Crippen MR) is 72.3 cm³/mol. The second-order valence-electron chi connectivity index (χ2n) is 5.28. The van der Waals surface area contributed by atoms with Crippen LogP contribution in [0, 0.1) is 13.8 Å². The molecule has 1 rings (SSSR count). The van der Waals surface area contributed by atoms with Gasteiger partial charge in [0.15, 0.2) is 0 Å². The number of aromatic nitrogens is 2. The highest BCUT2D eigenvalue weighted by Crippen LogP contribution is 2.16. The van der Waals surface area contributed by atoms with Crippen molar-refractivity contribution in [2.45, 2.75) is 40.2 Å². The molecule has 0 fully saturated rings. The molecule has 0 spiro atoms. The molecule has 1 amide bonds. The number of amides is 1. The highest BCUT2D eigenvalue weighted by Gasteiger charge is 2.14. The number of nitrogens with zero attached hydrogens (tertiary/aromatic N) is 2. The quantitative estimate of drug-likeness (QED) is 0.745. The number of rotatable bonds is 3. The third kappa shape index (κ3) is 4.20. The largest absolute Gasteiger partial charge is 0.383 e. The van der Waals surface area contributed by atoms with Crippen LogP contribution in [-0.4, -0.2) is 28.0 Å². The van der Waals surface area contributed by atoms with E-state index in [0.717, 1.165) is 5.56 Å². The monoisotopic (exact) mass is 251 g/mol. The summed E-state index contributed by atoms with van der Waals surface area (Å²) in [6.07, 6.45) is 0. The van der Waals surface area contributed by atoms with E-state index in [4.69, 9.17) is 5.73 Å². The van der Waals surface area contributed by atoms with Gasteiger partial charge in [0, 0.05) is 11.1 Å². The van der Waals surface area contributed by atoms with Crippen molar-refractivity contribution in [2.75, 3.05) is 17.6 Å². The highest BCUT2D eigenvalue weighted by atomic mass is 16.2. The number of nitrogens with one attached hydrogen (secondary N) is 2. The Labute approximate surface area is 107 Å². The first-order chi connectivity index (χ1) is 8.19. The first-order valence-corrected chi connectivity index (χ1v) is 5.84. The van der Waals surface area contributed by atoms with Gasteiger partial charge in [-0.25, -0.2) is 9.97 Å². The third-order valence-corrected chi connectivity index (χ3v) is 2.23. The normalized spacial score (nSPS) is 11.2. The van der Waals surface area contributed by atoms with E-state index >= 15 is 0 Å². The molecule has 6 nitrogen and oxygen atoms in total. The molecule has 1 heterocycles. The molecule has 1 aromatic rings. The number of hydrogen-bond donors (Lipinski definition) is 3. The van der Waals surface area contributed by atoms with E-state index < -0.39 is 0 Å². The minimum Gasteiger partial charge on any atom is -0.383 e. The molecule has 18 heavy (non-hydrogen) atoms. The molecule has 100 valence electrons. The Morgan fingerprint density at radius 3 is 2.44 bits per heavy atom. The second kappa shape index (κ2) is 5.20. The third-order valence-electron chi connectivity index (χ3n) is 2.23.